The molecule has 2 rings (SSSR count). The highest BCUT2D eigenvalue weighted by atomic mass is 35.5. The van der Waals surface area contributed by atoms with Crippen molar-refractivity contribution in [1.29, 1.82) is 0 Å². The molecule has 17 heavy (non-hydrogen) atoms. The quantitative estimate of drug-likeness (QED) is 0.633. The van der Waals surface area contributed by atoms with Gasteiger partial charge in [0.2, 0.25) is 0 Å². The van der Waals surface area contributed by atoms with E-state index in [1.54, 1.807) is 0 Å². The van der Waals surface area contributed by atoms with Crippen LogP contribution in [-0.4, -0.2) is 19.0 Å². The van der Waals surface area contributed by atoms with Gasteiger partial charge in [-0.15, -0.1) is 11.6 Å². The van der Waals surface area contributed by atoms with Gasteiger partial charge in [-0.1, -0.05) is 6.08 Å². The van der Waals surface area contributed by atoms with Crippen LogP contribution in [-0.2, 0) is 0 Å². The van der Waals surface area contributed by atoms with Crippen molar-refractivity contribution >= 4 is 22.9 Å². The van der Waals surface area contributed by atoms with Crippen LogP contribution in [0.1, 0.15) is 25.3 Å². The van der Waals surface area contributed by atoms with E-state index in [0.717, 1.165) is 31.7 Å². The third-order valence-electron chi connectivity index (χ3n) is 2.91. The van der Waals surface area contributed by atoms with Crippen molar-refractivity contribution in [2.75, 3.05) is 24.3 Å². The Hall–Kier alpha value is -1.15. The number of allylic oxidation sites excluding steroid dienone is 1. The topological polar surface area (TPSA) is 21.3 Å². The molecule has 3 heteroatoms. The Bertz CT molecular complexity index is 415. The molecular formula is C14H18ClNO. The smallest absolute Gasteiger partial charge is 0.121 e. The van der Waals surface area contributed by atoms with E-state index in [1.165, 1.54) is 16.8 Å². The number of hydrogen-bond acceptors (Lipinski definition) is 2. The van der Waals surface area contributed by atoms with Gasteiger partial charge in [-0.05, 0) is 37.5 Å². The Morgan fingerprint density at radius 1 is 1.35 bits per heavy atom. The largest absolute Gasteiger partial charge is 0.494 e. The fourth-order valence-corrected chi connectivity index (χ4v) is 2.10. The van der Waals surface area contributed by atoms with Gasteiger partial charge in [0, 0.05) is 29.7 Å². The van der Waals surface area contributed by atoms with Crippen LogP contribution in [0.5, 0.6) is 5.75 Å². The van der Waals surface area contributed by atoms with Gasteiger partial charge in [0.05, 0.1) is 6.61 Å². The third-order valence-corrected chi connectivity index (χ3v) is 3.18. The Morgan fingerprint density at radius 2 is 2.24 bits per heavy atom. The van der Waals surface area contributed by atoms with Crippen LogP contribution in [0.3, 0.4) is 0 Å². The predicted octanol–water partition coefficient (Wildman–Crippen LogP) is 3.91. The molecule has 0 saturated heterocycles. The number of halogens is 1. The lowest BCUT2D eigenvalue weighted by Gasteiger charge is -2.18. The van der Waals surface area contributed by atoms with Crippen LogP contribution in [0.4, 0.5) is 5.69 Å². The van der Waals surface area contributed by atoms with Crippen molar-refractivity contribution < 1.29 is 4.74 Å². The summed E-state index contributed by atoms with van der Waals surface area (Å²) < 4.78 is 5.69. The minimum Gasteiger partial charge on any atom is -0.494 e. The normalized spacial score (nSPS) is 13.6. The van der Waals surface area contributed by atoms with E-state index in [4.69, 9.17) is 16.3 Å². The molecule has 1 aliphatic rings. The second kappa shape index (κ2) is 5.97. The maximum absolute atomic E-state index is 5.69. The van der Waals surface area contributed by atoms with E-state index in [-0.39, 0.29) is 0 Å². The monoisotopic (exact) mass is 251 g/mol. The fourth-order valence-electron chi connectivity index (χ4n) is 1.91. The molecule has 1 aromatic rings. The van der Waals surface area contributed by atoms with Crippen molar-refractivity contribution in [3.63, 3.8) is 0 Å². The van der Waals surface area contributed by atoms with Gasteiger partial charge >= 0.3 is 0 Å². The molecular weight excluding hydrogens is 234 g/mol. The van der Waals surface area contributed by atoms with Gasteiger partial charge in [-0.2, -0.15) is 0 Å². The lowest BCUT2D eigenvalue weighted by molar-refractivity contribution is 0.310. The molecule has 0 amide bonds. The summed E-state index contributed by atoms with van der Waals surface area (Å²) in [6.45, 7) is 3.77. The number of hydrogen-bond donors (Lipinski definition) is 1. The van der Waals surface area contributed by atoms with Crippen molar-refractivity contribution in [2.24, 2.45) is 0 Å². The van der Waals surface area contributed by atoms with Crippen molar-refractivity contribution in [3.05, 3.63) is 29.8 Å². The van der Waals surface area contributed by atoms with Crippen LogP contribution in [0.25, 0.3) is 5.57 Å². The fraction of sp³-hybridized carbons (Fsp3) is 0.429. The molecule has 0 aliphatic carbocycles. The Kier molecular flexibility index (Phi) is 4.32. The van der Waals surface area contributed by atoms with Crippen molar-refractivity contribution in [1.82, 2.24) is 0 Å². The van der Waals surface area contributed by atoms with E-state index in [0.29, 0.717) is 5.88 Å². The molecule has 0 saturated carbocycles. The zero-order valence-electron chi connectivity index (χ0n) is 10.1. The average molecular weight is 252 g/mol. The molecule has 1 aromatic carbocycles. The Balaban J connectivity index is 1.99. The summed E-state index contributed by atoms with van der Waals surface area (Å²) in [5, 5.41) is 3.36. The van der Waals surface area contributed by atoms with Gasteiger partial charge in [0.25, 0.3) is 0 Å². The first-order chi connectivity index (χ1) is 8.31. The molecule has 1 N–H and O–H groups in total. The van der Waals surface area contributed by atoms with Gasteiger partial charge < -0.3 is 10.1 Å². The van der Waals surface area contributed by atoms with Gasteiger partial charge in [0.15, 0.2) is 0 Å². The third kappa shape index (κ3) is 3.16. The molecule has 0 atom stereocenters. The van der Waals surface area contributed by atoms with Crippen LogP contribution in [0.2, 0.25) is 0 Å². The minimum atomic E-state index is 0.707. The van der Waals surface area contributed by atoms with Gasteiger partial charge in [-0.3, -0.25) is 0 Å². The number of alkyl halides is 1. The van der Waals surface area contributed by atoms with Gasteiger partial charge in [-0.25, -0.2) is 0 Å². The lowest BCUT2D eigenvalue weighted by atomic mass is 10.0. The van der Waals surface area contributed by atoms with Crippen LogP contribution >= 0.6 is 11.6 Å². The summed E-state index contributed by atoms with van der Waals surface area (Å²) in [5.74, 6) is 1.64. The molecule has 1 aliphatic heterocycles. The molecule has 1 heterocycles. The number of unbranched alkanes of at least 4 members (excludes halogenated alkanes) is 1. The Labute approximate surface area is 108 Å². The highest BCUT2D eigenvalue weighted by molar-refractivity contribution is 6.17. The van der Waals surface area contributed by atoms with E-state index >= 15 is 0 Å². The van der Waals surface area contributed by atoms with Crippen LogP contribution < -0.4 is 10.1 Å². The van der Waals surface area contributed by atoms with E-state index in [9.17, 15) is 0 Å². The SMILES string of the molecule is CC1=CCNc2cc(OCCCCCl)ccc21. The van der Waals surface area contributed by atoms with Crippen molar-refractivity contribution in [3.8, 4) is 5.75 Å². The highest BCUT2D eigenvalue weighted by Crippen LogP contribution is 2.30. The number of fused-ring (bicyclic) bond motifs is 1. The zero-order valence-corrected chi connectivity index (χ0v) is 10.9. The highest BCUT2D eigenvalue weighted by Gasteiger charge is 2.09. The van der Waals surface area contributed by atoms with Crippen LogP contribution in [0.15, 0.2) is 24.3 Å². The maximum atomic E-state index is 5.69. The maximum Gasteiger partial charge on any atom is 0.121 e. The number of anilines is 1. The Morgan fingerprint density at radius 3 is 3.06 bits per heavy atom. The summed E-state index contributed by atoms with van der Waals surface area (Å²) in [4.78, 5) is 0. The summed E-state index contributed by atoms with van der Waals surface area (Å²) >= 11 is 5.62. The second-order valence-electron chi connectivity index (χ2n) is 4.22. The molecule has 0 aromatic heterocycles. The number of benzene rings is 1. The van der Waals surface area contributed by atoms with E-state index < -0.39 is 0 Å². The summed E-state index contributed by atoms with van der Waals surface area (Å²) in [7, 11) is 0. The van der Waals surface area contributed by atoms with Gasteiger partial charge in [0.1, 0.15) is 5.75 Å². The molecule has 92 valence electrons. The molecule has 0 radical (unpaired) electrons. The van der Waals surface area contributed by atoms with Crippen LogP contribution in [0, 0.1) is 0 Å². The number of nitrogens with one attached hydrogen (secondary N) is 1. The zero-order chi connectivity index (χ0) is 12.1. The average Bonchev–Trinajstić information content (AvgIpc) is 2.35. The van der Waals surface area contributed by atoms with E-state index in [2.05, 4.69) is 30.4 Å². The first kappa shape index (κ1) is 12.3. The van der Waals surface area contributed by atoms with E-state index in [1.807, 2.05) is 6.07 Å². The molecule has 0 bridgehead atoms. The standard InChI is InChI=1S/C14H18ClNO/c1-11-6-8-16-14-10-12(4-5-13(11)14)17-9-3-2-7-15/h4-6,10,16H,2-3,7-9H2,1H3. The molecule has 2 nitrogen and oxygen atoms in total. The molecule has 0 unspecified atom stereocenters. The number of rotatable bonds is 5. The lowest BCUT2D eigenvalue weighted by Crippen LogP contribution is -2.07. The predicted molar refractivity (Wildman–Crippen MR) is 74.0 cm³/mol. The molecule has 0 fully saturated rings. The molecule has 0 spiro atoms. The minimum absolute atomic E-state index is 0.707. The van der Waals surface area contributed by atoms with Crippen molar-refractivity contribution in [2.45, 2.75) is 19.8 Å². The summed E-state index contributed by atoms with van der Waals surface area (Å²) in [6.07, 6.45) is 4.21. The summed E-state index contributed by atoms with van der Waals surface area (Å²) in [6, 6.07) is 6.22. The summed E-state index contributed by atoms with van der Waals surface area (Å²) in [5.41, 5.74) is 3.76. The number of ether oxygens (including phenoxy) is 1. The first-order valence-corrected chi connectivity index (χ1v) is 6.58. The second-order valence-corrected chi connectivity index (χ2v) is 4.60. The first-order valence-electron chi connectivity index (χ1n) is 6.05.